The van der Waals surface area contributed by atoms with Gasteiger partial charge < -0.3 is 9.32 Å². The van der Waals surface area contributed by atoms with Crippen molar-refractivity contribution >= 4 is 21.8 Å². The van der Waals surface area contributed by atoms with Gasteiger partial charge in [0.1, 0.15) is 11.5 Å². The third-order valence-corrected chi connectivity index (χ3v) is 4.10. The van der Waals surface area contributed by atoms with Crippen molar-refractivity contribution in [3.05, 3.63) is 22.6 Å². The van der Waals surface area contributed by atoms with Crippen LogP contribution in [0.5, 0.6) is 0 Å². The fraction of sp³-hybridized carbons (Fsp3) is 0.667. The quantitative estimate of drug-likeness (QED) is 0.731. The first-order valence-electron chi connectivity index (χ1n) is 6.91. The smallest absolute Gasteiger partial charge is 0.257 e. The van der Waals surface area contributed by atoms with Crippen LogP contribution >= 0.6 is 15.9 Å². The predicted octanol–water partition coefficient (Wildman–Crippen LogP) is 4.23. The minimum absolute atomic E-state index is 0.0972. The summed E-state index contributed by atoms with van der Waals surface area (Å²) < 4.78 is 5.58. The van der Waals surface area contributed by atoms with Crippen molar-refractivity contribution < 1.29 is 9.21 Å². The molecule has 0 saturated carbocycles. The Labute approximate surface area is 124 Å². The second kappa shape index (κ2) is 7.13. The molecule has 0 atom stereocenters. The highest BCUT2D eigenvalue weighted by Gasteiger charge is 2.27. The molecule has 1 amide bonds. The number of nitrogens with zero attached hydrogens (tertiary/aromatic N) is 1. The maximum absolute atomic E-state index is 12.8. The average molecular weight is 330 g/mol. The minimum atomic E-state index is 0.0972. The summed E-state index contributed by atoms with van der Waals surface area (Å²) in [6.45, 7) is 10.7. The zero-order chi connectivity index (χ0) is 14.6. The SMILES string of the molecule is CCC(CC)N(CCBr)C(=O)c1c(C)oc(C)c1C. The molecule has 0 unspecified atom stereocenters. The van der Waals surface area contributed by atoms with E-state index in [1.165, 1.54) is 0 Å². The second-order valence-corrected chi connectivity index (χ2v) is 5.67. The van der Waals surface area contributed by atoms with Crippen LogP contribution in [0.15, 0.2) is 4.42 Å². The standard InChI is InChI=1S/C15H24BrNO2/c1-6-13(7-2)17(9-8-16)15(18)14-10(3)11(4)19-12(14)5/h13H,6-9H2,1-5H3. The Morgan fingerprint density at radius 3 is 2.16 bits per heavy atom. The number of alkyl halides is 1. The molecular weight excluding hydrogens is 306 g/mol. The van der Waals surface area contributed by atoms with Gasteiger partial charge >= 0.3 is 0 Å². The van der Waals surface area contributed by atoms with Crippen molar-refractivity contribution in [1.82, 2.24) is 4.90 Å². The highest BCUT2D eigenvalue weighted by atomic mass is 79.9. The van der Waals surface area contributed by atoms with Crippen molar-refractivity contribution in [3.63, 3.8) is 0 Å². The molecule has 0 spiro atoms. The highest BCUT2D eigenvalue weighted by molar-refractivity contribution is 9.09. The van der Waals surface area contributed by atoms with E-state index in [9.17, 15) is 4.79 Å². The van der Waals surface area contributed by atoms with Crippen LogP contribution in [0.3, 0.4) is 0 Å². The molecule has 1 aromatic rings. The zero-order valence-electron chi connectivity index (χ0n) is 12.5. The maximum Gasteiger partial charge on any atom is 0.257 e. The molecule has 0 aliphatic heterocycles. The minimum Gasteiger partial charge on any atom is -0.466 e. The number of carbonyl (C=O) groups excluding carboxylic acids is 1. The van der Waals surface area contributed by atoms with E-state index in [1.807, 2.05) is 25.7 Å². The van der Waals surface area contributed by atoms with E-state index in [0.717, 1.165) is 47.4 Å². The molecule has 0 radical (unpaired) electrons. The second-order valence-electron chi connectivity index (χ2n) is 4.87. The summed E-state index contributed by atoms with van der Waals surface area (Å²) in [5, 5.41) is 0.796. The number of carbonyl (C=O) groups is 1. The third-order valence-electron chi connectivity index (χ3n) is 3.74. The summed E-state index contributed by atoms with van der Waals surface area (Å²) in [4.78, 5) is 14.8. The Balaban J connectivity index is 3.12. The lowest BCUT2D eigenvalue weighted by Crippen LogP contribution is -2.41. The molecule has 1 aromatic heterocycles. The Bertz CT molecular complexity index is 436. The van der Waals surface area contributed by atoms with Crippen LogP contribution < -0.4 is 0 Å². The first-order valence-corrected chi connectivity index (χ1v) is 8.03. The summed E-state index contributed by atoms with van der Waals surface area (Å²) >= 11 is 3.44. The van der Waals surface area contributed by atoms with Gasteiger partial charge in [-0.2, -0.15) is 0 Å². The fourth-order valence-corrected chi connectivity index (χ4v) is 2.90. The number of hydrogen-bond acceptors (Lipinski definition) is 2. The molecular formula is C15H24BrNO2. The first kappa shape index (κ1) is 16.3. The van der Waals surface area contributed by atoms with Crippen LogP contribution in [0, 0.1) is 20.8 Å². The van der Waals surface area contributed by atoms with Crippen LogP contribution in [-0.2, 0) is 0 Å². The molecule has 19 heavy (non-hydrogen) atoms. The van der Waals surface area contributed by atoms with Gasteiger partial charge in [0, 0.05) is 23.5 Å². The lowest BCUT2D eigenvalue weighted by atomic mass is 10.1. The Kier molecular flexibility index (Phi) is 6.11. The van der Waals surface area contributed by atoms with Gasteiger partial charge in [0.05, 0.1) is 5.56 Å². The summed E-state index contributed by atoms with van der Waals surface area (Å²) in [5.74, 6) is 1.66. The summed E-state index contributed by atoms with van der Waals surface area (Å²) in [6, 6.07) is 0.291. The van der Waals surface area contributed by atoms with Crippen LogP contribution in [-0.4, -0.2) is 28.7 Å². The normalized spacial score (nSPS) is 11.1. The van der Waals surface area contributed by atoms with Gasteiger partial charge in [-0.1, -0.05) is 29.8 Å². The molecule has 0 bridgehead atoms. The van der Waals surface area contributed by atoms with Crippen molar-refractivity contribution in [2.75, 3.05) is 11.9 Å². The van der Waals surface area contributed by atoms with E-state index in [0.29, 0.717) is 6.04 Å². The number of hydrogen-bond donors (Lipinski definition) is 0. The van der Waals surface area contributed by atoms with Gasteiger partial charge in [-0.05, 0) is 33.6 Å². The van der Waals surface area contributed by atoms with Gasteiger partial charge in [-0.25, -0.2) is 0 Å². The lowest BCUT2D eigenvalue weighted by Gasteiger charge is -2.30. The molecule has 0 saturated heterocycles. The largest absolute Gasteiger partial charge is 0.466 e. The molecule has 0 aliphatic carbocycles. The molecule has 0 aromatic carbocycles. The predicted molar refractivity (Wildman–Crippen MR) is 82.1 cm³/mol. The average Bonchev–Trinajstić information content (AvgIpc) is 2.63. The number of halogens is 1. The van der Waals surface area contributed by atoms with Crippen LogP contribution in [0.2, 0.25) is 0 Å². The molecule has 0 fully saturated rings. The monoisotopic (exact) mass is 329 g/mol. The van der Waals surface area contributed by atoms with Crippen LogP contribution in [0.1, 0.15) is 54.1 Å². The van der Waals surface area contributed by atoms with Crippen molar-refractivity contribution in [2.24, 2.45) is 0 Å². The molecule has 3 nitrogen and oxygen atoms in total. The molecule has 108 valence electrons. The molecule has 4 heteroatoms. The summed E-state index contributed by atoms with van der Waals surface area (Å²) in [5.41, 5.74) is 1.71. The number of rotatable bonds is 6. The number of amides is 1. The van der Waals surface area contributed by atoms with Crippen LogP contribution in [0.25, 0.3) is 0 Å². The summed E-state index contributed by atoms with van der Waals surface area (Å²) in [6.07, 6.45) is 1.95. The van der Waals surface area contributed by atoms with Gasteiger partial charge in [0.25, 0.3) is 5.91 Å². The van der Waals surface area contributed by atoms with E-state index in [4.69, 9.17) is 4.42 Å². The topological polar surface area (TPSA) is 33.5 Å². The first-order chi connectivity index (χ1) is 8.97. The third kappa shape index (κ3) is 3.41. The molecule has 0 N–H and O–H groups in total. The number of aryl methyl sites for hydroxylation is 2. The van der Waals surface area contributed by atoms with E-state index in [2.05, 4.69) is 29.8 Å². The zero-order valence-corrected chi connectivity index (χ0v) is 14.1. The summed E-state index contributed by atoms with van der Waals surface area (Å²) in [7, 11) is 0. The van der Waals surface area contributed by atoms with E-state index < -0.39 is 0 Å². The Morgan fingerprint density at radius 2 is 1.79 bits per heavy atom. The van der Waals surface area contributed by atoms with E-state index in [1.54, 1.807) is 0 Å². The van der Waals surface area contributed by atoms with Crippen molar-refractivity contribution in [1.29, 1.82) is 0 Å². The molecule has 1 rings (SSSR count). The fourth-order valence-electron chi connectivity index (χ4n) is 2.52. The maximum atomic E-state index is 12.8. The van der Waals surface area contributed by atoms with E-state index >= 15 is 0 Å². The lowest BCUT2D eigenvalue weighted by molar-refractivity contribution is 0.0680. The van der Waals surface area contributed by atoms with Gasteiger partial charge in [-0.3, -0.25) is 4.79 Å². The van der Waals surface area contributed by atoms with E-state index in [-0.39, 0.29) is 5.91 Å². The Hall–Kier alpha value is -0.770. The molecule has 0 aliphatic rings. The van der Waals surface area contributed by atoms with Crippen molar-refractivity contribution in [3.8, 4) is 0 Å². The van der Waals surface area contributed by atoms with Crippen LogP contribution in [0.4, 0.5) is 0 Å². The van der Waals surface area contributed by atoms with Gasteiger partial charge in [0.2, 0.25) is 0 Å². The molecule has 1 heterocycles. The highest BCUT2D eigenvalue weighted by Crippen LogP contribution is 2.24. The Morgan fingerprint density at radius 1 is 1.21 bits per heavy atom. The number of furan rings is 1. The van der Waals surface area contributed by atoms with Crippen molar-refractivity contribution in [2.45, 2.75) is 53.5 Å². The van der Waals surface area contributed by atoms with Gasteiger partial charge in [-0.15, -0.1) is 0 Å². The van der Waals surface area contributed by atoms with Gasteiger partial charge in [0.15, 0.2) is 0 Å².